The van der Waals surface area contributed by atoms with Gasteiger partial charge in [0.2, 0.25) is 0 Å². The first kappa shape index (κ1) is 22.3. The molecule has 0 unspecified atom stereocenters. The van der Waals surface area contributed by atoms with Crippen LogP contribution >= 0.6 is 11.8 Å². The minimum atomic E-state index is -2.96. The van der Waals surface area contributed by atoms with E-state index in [1.807, 2.05) is 0 Å². The third-order valence-corrected chi connectivity index (χ3v) is 4.98. The van der Waals surface area contributed by atoms with Crippen molar-refractivity contribution in [2.75, 3.05) is 13.1 Å². The number of hydrogen-bond donors (Lipinski definition) is 1. The molecule has 3 rings (SSSR count). The Labute approximate surface area is 177 Å². The fourth-order valence-corrected chi connectivity index (χ4v) is 3.50. The summed E-state index contributed by atoms with van der Waals surface area (Å²) < 4.78 is 55.4. The summed E-state index contributed by atoms with van der Waals surface area (Å²) >= 11 is 0.676. The number of alkyl halides is 2. The number of amides is 3. The van der Waals surface area contributed by atoms with E-state index in [1.54, 1.807) is 0 Å². The lowest BCUT2D eigenvalue weighted by Crippen LogP contribution is -2.37. The number of hydrogen-bond acceptors (Lipinski definition) is 5. The van der Waals surface area contributed by atoms with E-state index in [-0.39, 0.29) is 23.7 Å². The normalized spacial score (nSPS) is 15.1. The molecule has 1 heterocycles. The third-order valence-electron chi connectivity index (χ3n) is 4.07. The lowest BCUT2D eigenvalue weighted by molar-refractivity contribution is -0.122. The van der Waals surface area contributed by atoms with E-state index < -0.39 is 40.9 Å². The van der Waals surface area contributed by atoms with E-state index in [4.69, 9.17) is 0 Å². The zero-order chi connectivity index (χ0) is 22.5. The van der Waals surface area contributed by atoms with Crippen molar-refractivity contribution in [1.82, 2.24) is 10.2 Å². The van der Waals surface area contributed by atoms with Crippen LogP contribution in [0.4, 0.5) is 22.4 Å². The highest BCUT2D eigenvalue weighted by atomic mass is 32.2. The van der Waals surface area contributed by atoms with Crippen LogP contribution in [0.25, 0.3) is 6.08 Å². The van der Waals surface area contributed by atoms with Gasteiger partial charge in [-0.1, -0.05) is 12.1 Å². The predicted molar refractivity (Wildman–Crippen MR) is 104 cm³/mol. The zero-order valence-electron chi connectivity index (χ0n) is 15.6. The lowest BCUT2D eigenvalue weighted by Gasteiger charge is -2.13. The zero-order valence-corrected chi connectivity index (χ0v) is 16.4. The number of ether oxygens (including phenoxy) is 1. The Morgan fingerprint density at radius 3 is 2.52 bits per heavy atom. The van der Waals surface area contributed by atoms with Crippen molar-refractivity contribution in [3.63, 3.8) is 0 Å². The fraction of sp³-hybridized carbons (Fsp3) is 0.150. The Kier molecular flexibility index (Phi) is 6.95. The number of thioether (sulfide) groups is 1. The Balaban J connectivity index is 1.59. The number of nitrogens with one attached hydrogen (secondary N) is 1. The number of benzene rings is 2. The van der Waals surface area contributed by atoms with Crippen LogP contribution in [0.3, 0.4) is 0 Å². The summed E-state index contributed by atoms with van der Waals surface area (Å²) in [5.41, 5.74) is -0.00435. The molecular weight excluding hydrogens is 440 g/mol. The van der Waals surface area contributed by atoms with Gasteiger partial charge in [0, 0.05) is 13.1 Å². The van der Waals surface area contributed by atoms with Crippen LogP contribution < -0.4 is 10.1 Å². The third kappa shape index (κ3) is 5.63. The van der Waals surface area contributed by atoms with Crippen molar-refractivity contribution in [3.8, 4) is 5.75 Å². The number of carbonyl (C=O) groups excluding carboxylic acids is 3. The Morgan fingerprint density at radius 1 is 1.13 bits per heavy atom. The first-order valence-corrected chi connectivity index (χ1v) is 9.60. The molecule has 0 atom stereocenters. The molecule has 11 heteroatoms. The average Bonchev–Trinajstić information content (AvgIpc) is 2.98. The molecule has 0 bridgehead atoms. The van der Waals surface area contributed by atoms with Crippen LogP contribution in [-0.4, -0.2) is 41.7 Å². The largest absolute Gasteiger partial charge is 0.435 e. The number of imide groups is 1. The van der Waals surface area contributed by atoms with Crippen molar-refractivity contribution < 1.29 is 36.7 Å². The molecular formula is C20H14F4N2O4S. The maximum absolute atomic E-state index is 13.6. The first-order valence-electron chi connectivity index (χ1n) is 8.78. The summed E-state index contributed by atoms with van der Waals surface area (Å²) in [6.45, 7) is -3.30. The summed E-state index contributed by atoms with van der Waals surface area (Å²) in [4.78, 5) is 37.5. The molecule has 0 radical (unpaired) electrons. The average molecular weight is 454 g/mol. The molecule has 3 amide bonds. The van der Waals surface area contributed by atoms with Gasteiger partial charge in [0.05, 0.1) is 10.5 Å². The van der Waals surface area contributed by atoms with Crippen LogP contribution in [0, 0.1) is 11.6 Å². The molecule has 1 aliphatic heterocycles. The highest BCUT2D eigenvalue weighted by molar-refractivity contribution is 8.18. The van der Waals surface area contributed by atoms with Gasteiger partial charge in [-0.25, -0.2) is 8.78 Å². The van der Waals surface area contributed by atoms with Crippen LogP contribution in [0.1, 0.15) is 15.9 Å². The second-order valence-electron chi connectivity index (χ2n) is 6.16. The molecule has 2 aromatic rings. The van der Waals surface area contributed by atoms with Gasteiger partial charge < -0.3 is 10.1 Å². The standard InChI is InChI=1S/C20H14F4N2O4S/c21-12-3-6-15(22)14(10-12)17(27)25-7-8-26-18(28)16(31-20(26)29)9-11-1-4-13(5-2-11)30-19(23)24/h1-6,9-10,19H,7-8H2,(H,25,27)/b16-9-. The fourth-order valence-electron chi connectivity index (χ4n) is 2.64. The highest BCUT2D eigenvalue weighted by Gasteiger charge is 2.34. The molecule has 0 aromatic heterocycles. The van der Waals surface area contributed by atoms with Gasteiger partial charge in [-0.3, -0.25) is 19.3 Å². The molecule has 0 spiro atoms. The van der Waals surface area contributed by atoms with Crippen LogP contribution in [-0.2, 0) is 4.79 Å². The van der Waals surface area contributed by atoms with Crippen molar-refractivity contribution in [2.24, 2.45) is 0 Å². The van der Waals surface area contributed by atoms with Gasteiger partial charge in [-0.2, -0.15) is 8.78 Å². The molecule has 162 valence electrons. The monoisotopic (exact) mass is 454 g/mol. The predicted octanol–water partition coefficient (Wildman–Crippen LogP) is 4.03. The SMILES string of the molecule is O=C(NCCN1C(=O)S/C(=C\c2ccc(OC(F)F)cc2)C1=O)c1cc(F)ccc1F. The second kappa shape index (κ2) is 9.65. The minimum absolute atomic E-state index is 0.0502. The van der Waals surface area contributed by atoms with Crippen molar-refractivity contribution in [1.29, 1.82) is 0 Å². The first-order chi connectivity index (χ1) is 14.7. The van der Waals surface area contributed by atoms with Crippen LogP contribution in [0.5, 0.6) is 5.75 Å². The van der Waals surface area contributed by atoms with Crippen molar-refractivity contribution in [3.05, 3.63) is 70.1 Å². The van der Waals surface area contributed by atoms with Gasteiger partial charge >= 0.3 is 6.61 Å². The summed E-state index contributed by atoms with van der Waals surface area (Å²) in [5, 5.41) is 1.76. The Hall–Kier alpha value is -3.34. The Bertz CT molecular complexity index is 1040. The van der Waals surface area contributed by atoms with Gasteiger partial charge in [0.15, 0.2) is 0 Å². The van der Waals surface area contributed by atoms with Gasteiger partial charge in [-0.15, -0.1) is 0 Å². The van der Waals surface area contributed by atoms with Gasteiger partial charge in [-0.05, 0) is 53.7 Å². The van der Waals surface area contributed by atoms with Crippen molar-refractivity contribution >= 4 is 34.9 Å². The summed E-state index contributed by atoms with van der Waals surface area (Å²) in [5.74, 6) is -3.22. The van der Waals surface area contributed by atoms with E-state index in [0.29, 0.717) is 17.3 Å². The molecule has 0 aliphatic carbocycles. The summed E-state index contributed by atoms with van der Waals surface area (Å²) in [6, 6.07) is 7.91. The smallest absolute Gasteiger partial charge is 0.387 e. The maximum atomic E-state index is 13.6. The summed E-state index contributed by atoms with van der Waals surface area (Å²) in [6.07, 6.45) is 1.41. The molecule has 31 heavy (non-hydrogen) atoms. The minimum Gasteiger partial charge on any atom is -0.435 e. The van der Waals surface area contributed by atoms with E-state index in [0.717, 1.165) is 23.1 Å². The molecule has 1 fully saturated rings. The number of nitrogens with zero attached hydrogens (tertiary/aromatic N) is 1. The molecule has 0 saturated carbocycles. The molecule has 1 N–H and O–H groups in total. The Morgan fingerprint density at radius 2 is 1.84 bits per heavy atom. The van der Waals surface area contributed by atoms with Gasteiger partial charge in [0.25, 0.3) is 17.1 Å². The van der Waals surface area contributed by atoms with Crippen LogP contribution in [0.2, 0.25) is 0 Å². The second-order valence-corrected chi connectivity index (χ2v) is 7.15. The quantitative estimate of drug-likeness (QED) is 0.505. The summed E-state index contributed by atoms with van der Waals surface area (Å²) in [7, 11) is 0. The molecule has 2 aromatic carbocycles. The van der Waals surface area contributed by atoms with E-state index in [9.17, 15) is 31.9 Å². The maximum Gasteiger partial charge on any atom is 0.387 e. The van der Waals surface area contributed by atoms with E-state index in [1.165, 1.54) is 30.3 Å². The number of carbonyl (C=O) groups is 3. The number of rotatable bonds is 7. The van der Waals surface area contributed by atoms with Crippen molar-refractivity contribution in [2.45, 2.75) is 6.61 Å². The number of halogens is 4. The topological polar surface area (TPSA) is 75.7 Å². The van der Waals surface area contributed by atoms with Gasteiger partial charge in [0.1, 0.15) is 17.4 Å². The van der Waals surface area contributed by atoms with E-state index in [2.05, 4.69) is 10.1 Å². The molecule has 1 saturated heterocycles. The molecule has 6 nitrogen and oxygen atoms in total. The van der Waals surface area contributed by atoms with E-state index >= 15 is 0 Å². The lowest BCUT2D eigenvalue weighted by atomic mass is 10.2. The molecule has 1 aliphatic rings. The highest BCUT2D eigenvalue weighted by Crippen LogP contribution is 2.32. The van der Waals surface area contributed by atoms with Crippen LogP contribution in [0.15, 0.2) is 47.4 Å².